The van der Waals surface area contributed by atoms with Gasteiger partial charge in [0.05, 0.1) is 0 Å². The molecule has 4 rings (SSSR count). The van der Waals surface area contributed by atoms with E-state index >= 15 is 0 Å². The van der Waals surface area contributed by atoms with E-state index in [1.54, 1.807) is 6.33 Å². The van der Waals surface area contributed by atoms with Gasteiger partial charge in [-0.25, -0.2) is 9.97 Å². The van der Waals surface area contributed by atoms with Crippen molar-refractivity contribution >= 4 is 23.2 Å². The summed E-state index contributed by atoms with van der Waals surface area (Å²) in [4.78, 5) is 25.8. The summed E-state index contributed by atoms with van der Waals surface area (Å²) < 4.78 is 0. The van der Waals surface area contributed by atoms with Crippen molar-refractivity contribution in [2.24, 2.45) is 0 Å². The summed E-state index contributed by atoms with van der Waals surface area (Å²) >= 11 is 6.09. The van der Waals surface area contributed by atoms with Crippen LogP contribution in [0.2, 0.25) is 5.02 Å². The Bertz CT molecular complexity index is 787. The molecule has 0 bridgehead atoms. The number of piperazine rings is 1. The fourth-order valence-electron chi connectivity index (χ4n) is 3.70. The van der Waals surface area contributed by atoms with Crippen molar-refractivity contribution in [2.75, 3.05) is 31.1 Å². The molecular weight excluding hydrogens is 336 g/mol. The van der Waals surface area contributed by atoms with E-state index in [9.17, 15) is 4.79 Å². The van der Waals surface area contributed by atoms with E-state index in [4.69, 9.17) is 11.6 Å². The number of aromatic nitrogens is 2. The van der Waals surface area contributed by atoms with E-state index < -0.39 is 0 Å². The minimum atomic E-state index is 0.0475. The smallest absolute Gasteiger partial charge is 0.272 e. The highest BCUT2D eigenvalue weighted by Gasteiger charge is 2.27. The molecule has 1 aromatic heterocycles. The number of benzene rings is 1. The van der Waals surface area contributed by atoms with Crippen molar-refractivity contribution in [3.8, 4) is 0 Å². The Hall–Kier alpha value is -2.14. The lowest BCUT2D eigenvalue weighted by Crippen LogP contribution is -2.49. The van der Waals surface area contributed by atoms with Crippen molar-refractivity contribution in [3.63, 3.8) is 0 Å². The average Bonchev–Trinajstić information content (AvgIpc) is 2.67. The van der Waals surface area contributed by atoms with Crippen LogP contribution in [0.5, 0.6) is 0 Å². The van der Waals surface area contributed by atoms with Crippen molar-refractivity contribution in [3.05, 3.63) is 52.6 Å². The topological polar surface area (TPSA) is 49.3 Å². The third kappa shape index (κ3) is 3.33. The lowest BCUT2D eigenvalue weighted by molar-refractivity contribution is 0.0739. The molecule has 1 aliphatic heterocycles. The normalized spacial score (nSPS) is 17.3. The second-order valence-corrected chi connectivity index (χ2v) is 7.05. The number of carbonyl (C=O) groups excluding carboxylic acids is 1. The summed E-state index contributed by atoms with van der Waals surface area (Å²) in [6.45, 7) is 3.01. The maximum atomic E-state index is 13.0. The Kier molecular flexibility index (Phi) is 4.57. The van der Waals surface area contributed by atoms with Gasteiger partial charge in [0.1, 0.15) is 12.0 Å². The number of hydrogen-bond donors (Lipinski definition) is 0. The molecule has 2 heterocycles. The van der Waals surface area contributed by atoms with Gasteiger partial charge in [0.25, 0.3) is 5.91 Å². The minimum absolute atomic E-state index is 0.0475. The molecule has 0 N–H and O–H groups in total. The molecule has 1 aromatic carbocycles. The van der Waals surface area contributed by atoms with Gasteiger partial charge >= 0.3 is 0 Å². The molecule has 25 heavy (non-hydrogen) atoms. The van der Waals surface area contributed by atoms with E-state index in [0.29, 0.717) is 18.8 Å². The first-order valence-corrected chi connectivity index (χ1v) is 9.23. The van der Waals surface area contributed by atoms with Crippen LogP contribution < -0.4 is 4.90 Å². The standard InChI is InChI=1S/C19H21ClN4O/c20-14-4-3-5-15(12-14)23-8-10-24(11-9-23)19(25)18-16-6-1-2-7-17(16)21-13-22-18/h3-5,12-13H,1-2,6-11H2. The molecule has 0 unspecified atom stereocenters. The third-order valence-electron chi connectivity index (χ3n) is 5.07. The zero-order valence-corrected chi connectivity index (χ0v) is 14.9. The summed E-state index contributed by atoms with van der Waals surface area (Å²) in [6.07, 6.45) is 5.68. The predicted octanol–water partition coefficient (Wildman–Crippen LogP) is 2.97. The van der Waals surface area contributed by atoms with Crippen LogP contribution in [-0.2, 0) is 12.8 Å². The number of amides is 1. The molecule has 2 aliphatic rings. The Morgan fingerprint density at radius 1 is 1.04 bits per heavy atom. The zero-order valence-electron chi connectivity index (χ0n) is 14.1. The summed E-state index contributed by atoms with van der Waals surface area (Å²) in [5.74, 6) is 0.0475. The highest BCUT2D eigenvalue weighted by atomic mass is 35.5. The molecular formula is C19H21ClN4O. The molecule has 0 radical (unpaired) electrons. The first kappa shape index (κ1) is 16.3. The highest BCUT2D eigenvalue weighted by Crippen LogP contribution is 2.24. The molecule has 1 saturated heterocycles. The van der Waals surface area contributed by atoms with Gasteiger partial charge < -0.3 is 9.80 Å². The molecule has 2 aromatic rings. The Morgan fingerprint density at radius 3 is 2.64 bits per heavy atom. The minimum Gasteiger partial charge on any atom is -0.368 e. The maximum Gasteiger partial charge on any atom is 0.272 e. The third-order valence-corrected chi connectivity index (χ3v) is 5.30. The lowest BCUT2D eigenvalue weighted by Gasteiger charge is -2.36. The monoisotopic (exact) mass is 356 g/mol. The molecule has 0 spiro atoms. The number of nitrogens with zero attached hydrogens (tertiary/aromatic N) is 4. The quantitative estimate of drug-likeness (QED) is 0.830. The van der Waals surface area contributed by atoms with Crippen LogP contribution >= 0.6 is 11.6 Å². The van der Waals surface area contributed by atoms with Crippen LogP contribution in [0.1, 0.15) is 34.6 Å². The summed E-state index contributed by atoms with van der Waals surface area (Å²) in [5.41, 5.74) is 3.85. The fraction of sp³-hybridized carbons (Fsp3) is 0.421. The number of halogens is 1. The molecule has 5 nitrogen and oxygen atoms in total. The van der Waals surface area contributed by atoms with Crippen LogP contribution in [-0.4, -0.2) is 47.0 Å². The molecule has 1 fully saturated rings. The van der Waals surface area contributed by atoms with Gasteiger partial charge in [0.2, 0.25) is 0 Å². The zero-order chi connectivity index (χ0) is 17.2. The Labute approximate surface area is 152 Å². The molecule has 1 aliphatic carbocycles. The first-order valence-electron chi connectivity index (χ1n) is 8.85. The molecule has 1 amide bonds. The van der Waals surface area contributed by atoms with E-state index in [1.807, 2.05) is 23.1 Å². The lowest BCUT2D eigenvalue weighted by atomic mass is 9.94. The van der Waals surface area contributed by atoms with Crippen LogP contribution in [0.4, 0.5) is 5.69 Å². The van der Waals surface area contributed by atoms with Gasteiger partial charge in [-0.1, -0.05) is 17.7 Å². The summed E-state index contributed by atoms with van der Waals surface area (Å²) in [7, 11) is 0. The van der Waals surface area contributed by atoms with E-state index in [1.165, 1.54) is 0 Å². The largest absolute Gasteiger partial charge is 0.368 e. The van der Waals surface area contributed by atoms with Gasteiger partial charge in [0.15, 0.2) is 0 Å². The van der Waals surface area contributed by atoms with Crippen LogP contribution in [0, 0.1) is 0 Å². The SMILES string of the molecule is O=C(c1ncnc2c1CCCC2)N1CCN(c2cccc(Cl)c2)CC1. The summed E-state index contributed by atoms with van der Waals surface area (Å²) in [5, 5.41) is 0.739. The second kappa shape index (κ2) is 7.00. The van der Waals surface area contributed by atoms with Crippen LogP contribution in [0.3, 0.4) is 0 Å². The number of aryl methyl sites for hydroxylation is 1. The molecule has 130 valence electrons. The molecule has 0 saturated carbocycles. The van der Waals surface area contributed by atoms with Gasteiger partial charge in [0, 0.05) is 48.1 Å². The number of rotatable bonds is 2. The van der Waals surface area contributed by atoms with Gasteiger partial charge in [-0.3, -0.25) is 4.79 Å². The van der Waals surface area contributed by atoms with Crippen molar-refractivity contribution in [1.29, 1.82) is 0 Å². The van der Waals surface area contributed by atoms with E-state index in [2.05, 4.69) is 20.9 Å². The van der Waals surface area contributed by atoms with Crippen molar-refractivity contribution in [1.82, 2.24) is 14.9 Å². The summed E-state index contributed by atoms with van der Waals surface area (Å²) in [6, 6.07) is 7.87. The Morgan fingerprint density at radius 2 is 1.84 bits per heavy atom. The van der Waals surface area contributed by atoms with E-state index in [0.717, 1.165) is 60.7 Å². The predicted molar refractivity (Wildman–Crippen MR) is 98.2 cm³/mol. The molecule has 0 atom stereocenters. The Balaban J connectivity index is 1.47. The number of fused-ring (bicyclic) bond motifs is 1. The highest BCUT2D eigenvalue weighted by molar-refractivity contribution is 6.30. The van der Waals surface area contributed by atoms with Crippen molar-refractivity contribution in [2.45, 2.75) is 25.7 Å². The average molecular weight is 357 g/mol. The maximum absolute atomic E-state index is 13.0. The number of anilines is 1. The number of carbonyl (C=O) groups is 1. The number of hydrogen-bond acceptors (Lipinski definition) is 4. The van der Waals surface area contributed by atoms with E-state index in [-0.39, 0.29) is 5.91 Å². The van der Waals surface area contributed by atoms with Gasteiger partial charge in [-0.2, -0.15) is 0 Å². The fourth-order valence-corrected chi connectivity index (χ4v) is 3.88. The van der Waals surface area contributed by atoms with Gasteiger partial charge in [-0.05, 0) is 43.9 Å². The molecule has 6 heteroatoms. The van der Waals surface area contributed by atoms with Gasteiger partial charge in [-0.15, -0.1) is 0 Å². The second-order valence-electron chi connectivity index (χ2n) is 6.61. The van der Waals surface area contributed by atoms with Crippen molar-refractivity contribution < 1.29 is 4.79 Å². The first-order chi connectivity index (χ1) is 12.2. The van der Waals surface area contributed by atoms with Crippen LogP contribution in [0.25, 0.3) is 0 Å². The van der Waals surface area contributed by atoms with Crippen LogP contribution in [0.15, 0.2) is 30.6 Å².